The van der Waals surface area contributed by atoms with Gasteiger partial charge in [0.2, 0.25) is 5.91 Å². The number of benzene rings is 1. The molecule has 1 aromatic carbocycles. The van der Waals surface area contributed by atoms with Crippen molar-refractivity contribution in [2.75, 3.05) is 31.7 Å². The van der Waals surface area contributed by atoms with Gasteiger partial charge in [0.25, 0.3) is 0 Å². The van der Waals surface area contributed by atoms with Crippen molar-refractivity contribution >= 4 is 23.2 Å². The Hall–Kier alpha value is -1.30. The average Bonchev–Trinajstić information content (AvgIpc) is 2.47. The Kier molecular flexibility index (Phi) is 6.29. The molecule has 1 amide bonds. The molecule has 1 aliphatic rings. The van der Waals surface area contributed by atoms with Gasteiger partial charge in [-0.25, -0.2) is 0 Å². The van der Waals surface area contributed by atoms with Crippen LogP contribution < -0.4 is 15.4 Å². The van der Waals surface area contributed by atoms with Gasteiger partial charge in [-0.3, -0.25) is 4.79 Å². The smallest absolute Gasteiger partial charge is 0.226 e. The Labute approximate surface area is 130 Å². The molecule has 1 heterocycles. The fourth-order valence-corrected chi connectivity index (χ4v) is 2.29. The van der Waals surface area contributed by atoms with Gasteiger partial charge in [0.1, 0.15) is 5.75 Å². The van der Waals surface area contributed by atoms with Crippen LogP contribution in [-0.2, 0) is 9.53 Å². The number of halogens is 1. The molecule has 2 rings (SSSR count). The molecule has 1 unspecified atom stereocenters. The van der Waals surface area contributed by atoms with Crippen molar-refractivity contribution in [3.05, 3.63) is 23.2 Å². The zero-order valence-corrected chi connectivity index (χ0v) is 12.9. The topological polar surface area (TPSA) is 59.6 Å². The van der Waals surface area contributed by atoms with Crippen molar-refractivity contribution in [3.8, 4) is 5.75 Å². The fourth-order valence-electron chi connectivity index (χ4n) is 2.11. The molecular formula is C15H21ClN2O3. The van der Waals surface area contributed by atoms with Crippen molar-refractivity contribution in [2.24, 2.45) is 0 Å². The second-order valence-electron chi connectivity index (χ2n) is 4.97. The van der Waals surface area contributed by atoms with Gasteiger partial charge in [-0.05, 0) is 24.6 Å². The number of rotatable bonds is 6. The summed E-state index contributed by atoms with van der Waals surface area (Å²) in [5, 5.41) is 6.68. The van der Waals surface area contributed by atoms with Crippen LogP contribution in [0.1, 0.15) is 19.8 Å². The number of amides is 1. The fraction of sp³-hybridized carbons (Fsp3) is 0.533. The number of carbonyl (C=O) groups excluding carboxylic acids is 1. The number of carbonyl (C=O) groups is 1. The molecule has 1 aliphatic heterocycles. The lowest BCUT2D eigenvalue weighted by Crippen LogP contribution is -2.43. The summed E-state index contributed by atoms with van der Waals surface area (Å²) in [4.78, 5) is 12.1. The Balaban J connectivity index is 1.96. The van der Waals surface area contributed by atoms with Crippen molar-refractivity contribution < 1.29 is 14.3 Å². The van der Waals surface area contributed by atoms with Gasteiger partial charge in [0.15, 0.2) is 0 Å². The monoisotopic (exact) mass is 312 g/mol. The Morgan fingerprint density at radius 2 is 2.43 bits per heavy atom. The third-order valence-corrected chi connectivity index (χ3v) is 3.34. The van der Waals surface area contributed by atoms with Crippen molar-refractivity contribution in [1.82, 2.24) is 5.32 Å². The molecule has 6 heteroatoms. The number of anilines is 1. The van der Waals surface area contributed by atoms with Crippen LogP contribution in [0.5, 0.6) is 5.75 Å². The van der Waals surface area contributed by atoms with Crippen LogP contribution in [0.4, 0.5) is 5.69 Å². The average molecular weight is 313 g/mol. The van der Waals surface area contributed by atoms with Crippen molar-refractivity contribution in [2.45, 2.75) is 25.8 Å². The molecule has 0 radical (unpaired) electrons. The molecule has 0 bridgehead atoms. The van der Waals surface area contributed by atoms with Crippen LogP contribution in [0.2, 0.25) is 5.02 Å². The summed E-state index contributed by atoms with van der Waals surface area (Å²) in [5.41, 5.74) is 0.609. The molecule has 0 aromatic heterocycles. The van der Waals surface area contributed by atoms with Gasteiger partial charge in [-0.15, -0.1) is 0 Å². The van der Waals surface area contributed by atoms with Gasteiger partial charge >= 0.3 is 0 Å². The highest BCUT2D eigenvalue weighted by Crippen LogP contribution is 2.28. The minimum Gasteiger partial charge on any atom is -0.491 e. The van der Waals surface area contributed by atoms with E-state index < -0.39 is 0 Å². The highest BCUT2D eigenvalue weighted by Gasteiger charge is 2.18. The second-order valence-corrected chi connectivity index (χ2v) is 5.40. The first kappa shape index (κ1) is 16.1. The quantitative estimate of drug-likeness (QED) is 0.847. The Bertz CT molecular complexity index is 476. The van der Waals surface area contributed by atoms with E-state index in [1.54, 1.807) is 18.2 Å². The van der Waals surface area contributed by atoms with Gasteiger partial charge in [-0.2, -0.15) is 0 Å². The van der Waals surface area contributed by atoms with Crippen LogP contribution in [0.15, 0.2) is 18.2 Å². The van der Waals surface area contributed by atoms with Crippen LogP contribution in [0.3, 0.4) is 0 Å². The number of hydrogen-bond donors (Lipinski definition) is 2. The van der Waals surface area contributed by atoms with Gasteiger partial charge in [-0.1, -0.05) is 18.5 Å². The highest BCUT2D eigenvalue weighted by molar-refractivity contribution is 6.31. The van der Waals surface area contributed by atoms with E-state index in [-0.39, 0.29) is 11.9 Å². The highest BCUT2D eigenvalue weighted by atomic mass is 35.5. The van der Waals surface area contributed by atoms with E-state index >= 15 is 0 Å². The van der Waals surface area contributed by atoms with E-state index in [1.807, 2.05) is 6.92 Å². The molecule has 1 atom stereocenters. The minimum atomic E-state index is -0.0818. The molecular weight excluding hydrogens is 292 g/mol. The molecule has 2 N–H and O–H groups in total. The lowest BCUT2D eigenvalue weighted by atomic mass is 10.2. The number of hydrogen-bond acceptors (Lipinski definition) is 4. The SMILES string of the molecule is CCCOc1ccc(Cl)cc1NC(=O)CC1COCCN1. The van der Waals surface area contributed by atoms with Crippen molar-refractivity contribution in [1.29, 1.82) is 0 Å². The Morgan fingerprint density at radius 3 is 3.14 bits per heavy atom. The predicted octanol–water partition coefficient (Wildman–Crippen LogP) is 2.45. The molecule has 0 aliphatic carbocycles. The van der Waals surface area contributed by atoms with E-state index in [9.17, 15) is 4.79 Å². The first-order valence-electron chi connectivity index (χ1n) is 7.22. The molecule has 5 nitrogen and oxygen atoms in total. The van der Waals surface area contributed by atoms with Gasteiger partial charge in [0.05, 0.1) is 25.5 Å². The first-order chi connectivity index (χ1) is 10.2. The maximum Gasteiger partial charge on any atom is 0.226 e. The number of morpholine rings is 1. The number of nitrogens with one attached hydrogen (secondary N) is 2. The van der Waals surface area contributed by atoms with Crippen LogP contribution in [0, 0.1) is 0 Å². The minimum absolute atomic E-state index is 0.0537. The van der Waals surface area contributed by atoms with E-state index in [0.717, 1.165) is 13.0 Å². The summed E-state index contributed by atoms with van der Waals surface area (Å²) in [6.07, 6.45) is 1.26. The molecule has 0 saturated carbocycles. The van der Waals surface area contributed by atoms with Gasteiger partial charge in [0, 0.05) is 24.0 Å². The third kappa shape index (κ3) is 5.19. The molecule has 0 spiro atoms. The predicted molar refractivity (Wildman–Crippen MR) is 83.1 cm³/mol. The molecule has 116 valence electrons. The largest absolute Gasteiger partial charge is 0.491 e. The second kappa shape index (κ2) is 8.22. The lowest BCUT2D eigenvalue weighted by molar-refractivity contribution is -0.117. The standard InChI is InChI=1S/C15H21ClN2O3/c1-2-6-21-14-4-3-11(16)8-13(14)18-15(19)9-12-10-20-7-5-17-12/h3-4,8,12,17H,2,5-7,9-10H2,1H3,(H,18,19). The van der Waals surface area contributed by atoms with Crippen LogP contribution in [-0.4, -0.2) is 38.3 Å². The summed E-state index contributed by atoms with van der Waals surface area (Å²) in [7, 11) is 0. The molecule has 1 aromatic rings. The normalized spacial score (nSPS) is 18.3. The molecule has 21 heavy (non-hydrogen) atoms. The molecule has 1 fully saturated rings. The van der Waals surface area contributed by atoms with Gasteiger partial charge < -0.3 is 20.1 Å². The summed E-state index contributed by atoms with van der Waals surface area (Å²) in [6, 6.07) is 5.28. The van der Waals surface area contributed by atoms with E-state index in [0.29, 0.717) is 42.7 Å². The van der Waals surface area contributed by atoms with E-state index in [2.05, 4.69) is 10.6 Å². The zero-order chi connectivity index (χ0) is 15.1. The summed E-state index contributed by atoms with van der Waals surface area (Å²) in [5.74, 6) is 0.559. The third-order valence-electron chi connectivity index (χ3n) is 3.11. The summed E-state index contributed by atoms with van der Waals surface area (Å²) in [6.45, 7) is 4.66. The summed E-state index contributed by atoms with van der Waals surface area (Å²) >= 11 is 5.99. The summed E-state index contributed by atoms with van der Waals surface area (Å²) < 4.78 is 11.0. The Morgan fingerprint density at radius 1 is 1.57 bits per heavy atom. The number of ether oxygens (including phenoxy) is 2. The van der Waals surface area contributed by atoms with Crippen LogP contribution in [0.25, 0.3) is 0 Å². The zero-order valence-electron chi connectivity index (χ0n) is 12.2. The lowest BCUT2D eigenvalue weighted by Gasteiger charge is -2.23. The van der Waals surface area contributed by atoms with Crippen molar-refractivity contribution in [3.63, 3.8) is 0 Å². The molecule has 1 saturated heterocycles. The van der Waals surface area contributed by atoms with E-state index in [4.69, 9.17) is 21.1 Å². The van der Waals surface area contributed by atoms with Crippen LogP contribution >= 0.6 is 11.6 Å². The first-order valence-corrected chi connectivity index (χ1v) is 7.60. The van der Waals surface area contributed by atoms with E-state index in [1.165, 1.54) is 0 Å². The maximum atomic E-state index is 12.1. The maximum absolute atomic E-state index is 12.1.